The van der Waals surface area contributed by atoms with Gasteiger partial charge in [-0.2, -0.15) is 0 Å². The molecular formula is C20H26ClFO2. The van der Waals surface area contributed by atoms with Crippen LogP contribution in [0.25, 0.3) is 0 Å². The Hall–Kier alpha value is -1.09. The molecule has 0 radical (unpaired) electrons. The third kappa shape index (κ3) is 3.77. The summed E-state index contributed by atoms with van der Waals surface area (Å²) in [5.41, 5.74) is 0.737. The quantitative estimate of drug-likeness (QED) is 0.673. The third-order valence-corrected chi connectivity index (χ3v) is 6.20. The molecule has 1 aromatic carbocycles. The van der Waals surface area contributed by atoms with Crippen molar-refractivity contribution in [3.63, 3.8) is 0 Å². The van der Waals surface area contributed by atoms with Crippen LogP contribution in [0.4, 0.5) is 4.39 Å². The molecule has 2 aliphatic rings. The van der Waals surface area contributed by atoms with Gasteiger partial charge < -0.3 is 4.74 Å². The standard InChI is InChI=1S/C20H26ClFO2/c1-2-24-18-12-11-17(20(22)19(18)21)15-5-3-13(4-6-15)14-7-9-16(23)10-8-14/h11-15H,2-10H2,1H3. The fraction of sp³-hybridized carbons (Fsp3) is 0.650. The van der Waals surface area contributed by atoms with Gasteiger partial charge in [0.15, 0.2) is 0 Å². The van der Waals surface area contributed by atoms with Gasteiger partial charge in [0.25, 0.3) is 0 Å². The van der Waals surface area contributed by atoms with Gasteiger partial charge in [0, 0.05) is 12.8 Å². The second-order valence-corrected chi connectivity index (χ2v) is 7.58. The second-order valence-electron chi connectivity index (χ2n) is 7.20. The lowest BCUT2D eigenvalue weighted by Crippen LogP contribution is -2.25. The number of benzene rings is 1. The first-order valence-electron chi connectivity index (χ1n) is 9.22. The molecule has 0 aromatic heterocycles. The highest BCUT2D eigenvalue weighted by molar-refractivity contribution is 6.32. The maximum absolute atomic E-state index is 14.6. The van der Waals surface area contributed by atoms with Gasteiger partial charge in [0.1, 0.15) is 22.4 Å². The average molecular weight is 353 g/mol. The monoisotopic (exact) mass is 352 g/mol. The Morgan fingerprint density at radius 2 is 1.71 bits per heavy atom. The zero-order chi connectivity index (χ0) is 17.1. The summed E-state index contributed by atoms with van der Waals surface area (Å²) in [6.45, 7) is 2.34. The van der Waals surface area contributed by atoms with Crippen LogP contribution >= 0.6 is 11.6 Å². The molecular weight excluding hydrogens is 327 g/mol. The molecule has 3 rings (SSSR count). The minimum Gasteiger partial charge on any atom is -0.492 e. The van der Waals surface area contributed by atoms with E-state index in [4.69, 9.17) is 16.3 Å². The van der Waals surface area contributed by atoms with E-state index >= 15 is 0 Å². The van der Waals surface area contributed by atoms with E-state index in [0.717, 1.165) is 56.9 Å². The number of hydrogen-bond donors (Lipinski definition) is 0. The minimum absolute atomic E-state index is 0.113. The molecule has 0 amide bonds. The summed E-state index contributed by atoms with van der Waals surface area (Å²) in [7, 11) is 0. The van der Waals surface area contributed by atoms with E-state index < -0.39 is 0 Å². The van der Waals surface area contributed by atoms with Crippen molar-refractivity contribution in [3.8, 4) is 5.75 Å². The van der Waals surface area contributed by atoms with Gasteiger partial charge in [-0.15, -0.1) is 0 Å². The largest absolute Gasteiger partial charge is 0.492 e. The summed E-state index contributed by atoms with van der Waals surface area (Å²) < 4.78 is 20.0. The number of carbonyl (C=O) groups is 1. The summed E-state index contributed by atoms with van der Waals surface area (Å²) in [6.07, 6.45) is 7.91. The number of Topliss-reactive ketones (excluding diaryl/α,β-unsaturated/α-hetero) is 1. The number of halogens is 2. The molecule has 0 heterocycles. The fourth-order valence-corrected chi connectivity index (χ4v) is 4.69. The van der Waals surface area contributed by atoms with E-state index in [0.29, 0.717) is 30.0 Å². The van der Waals surface area contributed by atoms with Crippen LogP contribution < -0.4 is 4.74 Å². The highest BCUT2D eigenvalue weighted by Crippen LogP contribution is 2.44. The molecule has 0 saturated heterocycles. The number of ether oxygens (including phenoxy) is 1. The molecule has 0 bridgehead atoms. The Labute approximate surface area is 148 Å². The Balaban J connectivity index is 1.62. The Bertz CT molecular complexity index is 584. The summed E-state index contributed by atoms with van der Waals surface area (Å²) >= 11 is 6.13. The van der Waals surface area contributed by atoms with E-state index in [1.807, 2.05) is 13.0 Å². The molecule has 2 nitrogen and oxygen atoms in total. The van der Waals surface area contributed by atoms with Crippen LogP contribution in [0.1, 0.15) is 69.8 Å². The zero-order valence-corrected chi connectivity index (χ0v) is 15.1. The zero-order valence-electron chi connectivity index (χ0n) is 14.3. The van der Waals surface area contributed by atoms with Gasteiger partial charge in [-0.25, -0.2) is 4.39 Å². The van der Waals surface area contributed by atoms with Crippen LogP contribution in [-0.4, -0.2) is 12.4 Å². The summed E-state index contributed by atoms with van der Waals surface area (Å²) in [5, 5.41) is 0.113. The molecule has 2 fully saturated rings. The highest BCUT2D eigenvalue weighted by Gasteiger charge is 2.32. The highest BCUT2D eigenvalue weighted by atomic mass is 35.5. The summed E-state index contributed by atoms with van der Waals surface area (Å²) in [6, 6.07) is 3.64. The minimum atomic E-state index is -0.311. The lowest BCUT2D eigenvalue weighted by molar-refractivity contribution is -0.121. The first-order chi connectivity index (χ1) is 11.6. The second kappa shape index (κ2) is 7.86. The van der Waals surface area contributed by atoms with E-state index in [2.05, 4.69) is 0 Å². The molecule has 0 aliphatic heterocycles. The maximum Gasteiger partial charge on any atom is 0.149 e. The normalized spacial score (nSPS) is 25.7. The first kappa shape index (κ1) is 17.7. The Morgan fingerprint density at radius 1 is 1.08 bits per heavy atom. The summed E-state index contributed by atoms with van der Waals surface area (Å²) in [5.74, 6) is 2.19. The van der Waals surface area contributed by atoms with Crippen LogP contribution in [0.2, 0.25) is 5.02 Å². The maximum atomic E-state index is 14.6. The van der Waals surface area contributed by atoms with Crippen molar-refractivity contribution >= 4 is 17.4 Å². The van der Waals surface area contributed by atoms with Gasteiger partial charge in [-0.05, 0) is 74.8 Å². The molecule has 1 aromatic rings. The van der Waals surface area contributed by atoms with Crippen molar-refractivity contribution in [2.75, 3.05) is 6.61 Å². The molecule has 24 heavy (non-hydrogen) atoms. The van der Waals surface area contributed by atoms with Crippen LogP contribution in [-0.2, 0) is 4.79 Å². The lowest BCUT2D eigenvalue weighted by Gasteiger charge is -2.35. The molecule has 132 valence electrons. The van der Waals surface area contributed by atoms with Crippen LogP contribution in [0.15, 0.2) is 12.1 Å². The number of hydrogen-bond acceptors (Lipinski definition) is 2. The van der Waals surface area contributed by atoms with E-state index in [9.17, 15) is 9.18 Å². The van der Waals surface area contributed by atoms with Gasteiger partial charge in [-0.3, -0.25) is 4.79 Å². The van der Waals surface area contributed by atoms with E-state index in [-0.39, 0.29) is 16.8 Å². The number of rotatable bonds is 4. The Kier molecular flexibility index (Phi) is 5.80. The Morgan fingerprint density at radius 3 is 2.33 bits per heavy atom. The molecule has 4 heteroatoms. The number of carbonyl (C=O) groups excluding carboxylic acids is 1. The molecule has 0 atom stereocenters. The lowest BCUT2D eigenvalue weighted by atomic mass is 9.69. The molecule has 0 unspecified atom stereocenters. The molecule has 0 spiro atoms. The topological polar surface area (TPSA) is 26.3 Å². The van der Waals surface area contributed by atoms with E-state index in [1.54, 1.807) is 6.07 Å². The van der Waals surface area contributed by atoms with Crippen LogP contribution in [0.5, 0.6) is 5.75 Å². The first-order valence-corrected chi connectivity index (χ1v) is 9.60. The van der Waals surface area contributed by atoms with E-state index in [1.165, 1.54) is 0 Å². The molecule has 0 N–H and O–H groups in total. The van der Waals surface area contributed by atoms with Gasteiger partial charge in [-0.1, -0.05) is 17.7 Å². The predicted octanol–water partition coefficient (Wildman–Crippen LogP) is 5.91. The van der Waals surface area contributed by atoms with Crippen molar-refractivity contribution in [2.24, 2.45) is 11.8 Å². The van der Waals surface area contributed by atoms with Crippen molar-refractivity contribution in [3.05, 3.63) is 28.5 Å². The average Bonchev–Trinajstić information content (AvgIpc) is 2.60. The summed E-state index contributed by atoms with van der Waals surface area (Å²) in [4.78, 5) is 11.4. The molecule has 2 aliphatic carbocycles. The third-order valence-electron chi connectivity index (χ3n) is 5.84. The van der Waals surface area contributed by atoms with Crippen molar-refractivity contribution < 1.29 is 13.9 Å². The van der Waals surface area contributed by atoms with Gasteiger partial charge >= 0.3 is 0 Å². The van der Waals surface area contributed by atoms with Crippen molar-refractivity contribution in [1.82, 2.24) is 0 Å². The van der Waals surface area contributed by atoms with Gasteiger partial charge in [0.2, 0.25) is 0 Å². The SMILES string of the molecule is CCOc1ccc(C2CCC(C3CCC(=O)CC3)CC2)c(F)c1Cl. The van der Waals surface area contributed by atoms with Gasteiger partial charge in [0.05, 0.1) is 6.61 Å². The van der Waals surface area contributed by atoms with Crippen molar-refractivity contribution in [1.29, 1.82) is 0 Å². The fourth-order valence-electron chi connectivity index (χ4n) is 4.46. The molecule has 2 saturated carbocycles. The number of ketones is 1. The van der Waals surface area contributed by atoms with Crippen molar-refractivity contribution in [2.45, 2.75) is 64.2 Å². The van der Waals surface area contributed by atoms with Crippen LogP contribution in [0.3, 0.4) is 0 Å². The predicted molar refractivity (Wildman–Crippen MR) is 94.2 cm³/mol. The smallest absolute Gasteiger partial charge is 0.149 e. The van der Waals surface area contributed by atoms with Crippen LogP contribution in [0, 0.1) is 17.7 Å².